The van der Waals surface area contributed by atoms with Crippen molar-refractivity contribution in [1.82, 2.24) is 0 Å². The van der Waals surface area contributed by atoms with Gasteiger partial charge in [0.15, 0.2) is 0 Å². The molecule has 1 aliphatic rings. The van der Waals surface area contributed by atoms with Crippen LogP contribution in [0.4, 0.5) is 5.69 Å². The standard InChI is InChI=1S/C13H18BrN3S/c1-8-9(2)18-6-5-17(8)12-4-3-10(14)7-11(12)13(15)16/h3-4,7-9H,5-6H2,1-2H3,(H3,15,16). The lowest BCUT2D eigenvalue weighted by molar-refractivity contribution is 0.627. The van der Waals surface area contributed by atoms with Crippen molar-refractivity contribution in [1.29, 1.82) is 5.41 Å². The van der Waals surface area contributed by atoms with Gasteiger partial charge in [-0.05, 0) is 25.1 Å². The normalized spacial score (nSPS) is 24.1. The van der Waals surface area contributed by atoms with Crippen molar-refractivity contribution in [2.24, 2.45) is 5.73 Å². The number of thioether (sulfide) groups is 1. The second-order valence-corrected chi connectivity index (χ2v) is 6.99. The molecule has 0 spiro atoms. The minimum absolute atomic E-state index is 0.129. The first-order valence-electron chi connectivity index (χ1n) is 6.03. The summed E-state index contributed by atoms with van der Waals surface area (Å²) in [6.07, 6.45) is 0. The number of nitrogens with zero attached hydrogens (tertiary/aromatic N) is 1. The molecule has 3 N–H and O–H groups in total. The molecular formula is C13H18BrN3S. The van der Waals surface area contributed by atoms with Crippen LogP contribution < -0.4 is 10.6 Å². The number of amidine groups is 1. The largest absolute Gasteiger partial charge is 0.384 e. The van der Waals surface area contributed by atoms with Gasteiger partial charge in [0.05, 0.1) is 0 Å². The van der Waals surface area contributed by atoms with Crippen molar-refractivity contribution >= 4 is 39.2 Å². The lowest BCUT2D eigenvalue weighted by atomic mass is 10.1. The van der Waals surface area contributed by atoms with Gasteiger partial charge in [-0.25, -0.2) is 0 Å². The molecule has 0 bridgehead atoms. The second-order valence-electron chi connectivity index (χ2n) is 4.59. The fourth-order valence-electron chi connectivity index (χ4n) is 2.25. The van der Waals surface area contributed by atoms with Crippen LogP contribution in [0, 0.1) is 5.41 Å². The highest BCUT2D eigenvalue weighted by atomic mass is 79.9. The Morgan fingerprint density at radius 2 is 2.22 bits per heavy atom. The van der Waals surface area contributed by atoms with Crippen molar-refractivity contribution in [2.75, 3.05) is 17.2 Å². The van der Waals surface area contributed by atoms with Crippen LogP contribution in [-0.4, -0.2) is 29.4 Å². The minimum Gasteiger partial charge on any atom is -0.384 e. The van der Waals surface area contributed by atoms with Gasteiger partial charge in [-0.15, -0.1) is 0 Å². The number of nitrogens with one attached hydrogen (secondary N) is 1. The van der Waals surface area contributed by atoms with Crippen LogP contribution in [0.1, 0.15) is 19.4 Å². The Labute approximate surface area is 121 Å². The van der Waals surface area contributed by atoms with Crippen molar-refractivity contribution in [3.8, 4) is 0 Å². The maximum atomic E-state index is 7.73. The maximum Gasteiger partial charge on any atom is 0.124 e. The number of hydrogen-bond donors (Lipinski definition) is 2. The van der Waals surface area contributed by atoms with Gasteiger partial charge in [-0.3, -0.25) is 5.41 Å². The highest BCUT2D eigenvalue weighted by Gasteiger charge is 2.27. The van der Waals surface area contributed by atoms with E-state index in [1.54, 1.807) is 0 Å². The van der Waals surface area contributed by atoms with Gasteiger partial charge in [-0.2, -0.15) is 11.8 Å². The van der Waals surface area contributed by atoms with Crippen LogP contribution in [0.5, 0.6) is 0 Å². The molecule has 0 amide bonds. The quantitative estimate of drug-likeness (QED) is 0.648. The second kappa shape index (κ2) is 5.53. The average Bonchev–Trinajstić information content (AvgIpc) is 2.33. The zero-order valence-corrected chi connectivity index (χ0v) is 13.0. The third-order valence-electron chi connectivity index (χ3n) is 3.44. The van der Waals surface area contributed by atoms with Crippen molar-refractivity contribution < 1.29 is 0 Å². The summed E-state index contributed by atoms with van der Waals surface area (Å²) >= 11 is 5.45. The smallest absolute Gasteiger partial charge is 0.124 e. The summed E-state index contributed by atoms with van der Waals surface area (Å²) in [5.74, 6) is 1.25. The average molecular weight is 328 g/mol. The van der Waals surface area contributed by atoms with E-state index in [1.165, 1.54) is 0 Å². The first-order chi connectivity index (χ1) is 8.50. The van der Waals surface area contributed by atoms with E-state index in [9.17, 15) is 0 Å². The highest BCUT2D eigenvalue weighted by molar-refractivity contribution is 9.10. The minimum atomic E-state index is 0.129. The van der Waals surface area contributed by atoms with Crippen LogP contribution in [-0.2, 0) is 0 Å². The molecule has 1 aromatic carbocycles. The number of halogens is 1. The molecule has 2 atom stereocenters. The molecule has 5 heteroatoms. The summed E-state index contributed by atoms with van der Waals surface area (Å²) in [4.78, 5) is 2.37. The SMILES string of the molecule is CC1SCCN(c2ccc(Br)cc2C(=N)N)C1C. The van der Waals surface area contributed by atoms with Crippen LogP contribution in [0.15, 0.2) is 22.7 Å². The highest BCUT2D eigenvalue weighted by Crippen LogP contribution is 2.32. The lowest BCUT2D eigenvalue weighted by Crippen LogP contribution is -2.45. The molecule has 2 unspecified atom stereocenters. The van der Waals surface area contributed by atoms with Gasteiger partial charge in [0, 0.05) is 39.3 Å². The third-order valence-corrected chi connectivity index (χ3v) is 5.27. The molecule has 1 heterocycles. The predicted octanol–water partition coefficient (Wildman–Crippen LogP) is 3.06. The Bertz CT molecular complexity index is 464. The number of benzene rings is 1. The number of hydrogen-bond acceptors (Lipinski definition) is 3. The van der Waals surface area contributed by atoms with Crippen LogP contribution >= 0.6 is 27.7 Å². The van der Waals surface area contributed by atoms with E-state index in [0.29, 0.717) is 11.3 Å². The zero-order chi connectivity index (χ0) is 13.3. The van der Waals surface area contributed by atoms with Gasteiger partial charge in [-0.1, -0.05) is 22.9 Å². The Balaban J connectivity index is 2.40. The van der Waals surface area contributed by atoms with E-state index < -0.39 is 0 Å². The lowest BCUT2D eigenvalue weighted by Gasteiger charge is -2.40. The van der Waals surface area contributed by atoms with E-state index in [4.69, 9.17) is 11.1 Å². The Morgan fingerprint density at radius 3 is 2.89 bits per heavy atom. The van der Waals surface area contributed by atoms with Gasteiger partial charge < -0.3 is 10.6 Å². The van der Waals surface area contributed by atoms with Crippen molar-refractivity contribution in [2.45, 2.75) is 25.1 Å². The van der Waals surface area contributed by atoms with Gasteiger partial charge in [0.2, 0.25) is 0 Å². The van der Waals surface area contributed by atoms with Gasteiger partial charge in [0.25, 0.3) is 0 Å². The van der Waals surface area contributed by atoms with E-state index in [-0.39, 0.29) is 5.84 Å². The summed E-state index contributed by atoms with van der Waals surface area (Å²) < 4.78 is 0.962. The Hall–Kier alpha value is -0.680. The Kier molecular flexibility index (Phi) is 4.22. The monoisotopic (exact) mass is 327 g/mol. The molecule has 1 aromatic rings. The first kappa shape index (κ1) is 13.7. The molecule has 0 aromatic heterocycles. The molecule has 2 rings (SSSR count). The predicted molar refractivity (Wildman–Crippen MR) is 83.9 cm³/mol. The number of rotatable bonds is 2. The van der Waals surface area contributed by atoms with Gasteiger partial charge >= 0.3 is 0 Å². The van der Waals surface area contributed by atoms with E-state index in [2.05, 4.69) is 40.7 Å². The molecule has 0 radical (unpaired) electrons. The maximum absolute atomic E-state index is 7.73. The van der Waals surface area contributed by atoms with Crippen LogP contribution in [0.3, 0.4) is 0 Å². The van der Waals surface area contributed by atoms with Crippen LogP contribution in [0.2, 0.25) is 0 Å². The van der Waals surface area contributed by atoms with E-state index in [1.807, 2.05) is 23.9 Å². The fourth-order valence-corrected chi connectivity index (χ4v) is 3.71. The van der Waals surface area contributed by atoms with Crippen LogP contribution in [0.25, 0.3) is 0 Å². The summed E-state index contributed by atoms with van der Waals surface area (Å²) in [6, 6.07) is 6.46. The summed E-state index contributed by atoms with van der Waals surface area (Å²) in [7, 11) is 0. The Morgan fingerprint density at radius 1 is 1.50 bits per heavy atom. The van der Waals surface area contributed by atoms with Gasteiger partial charge in [0.1, 0.15) is 5.84 Å². The molecular weight excluding hydrogens is 310 g/mol. The summed E-state index contributed by atoms with van der Waals surface area (Å²) in [5, 5.41) is 8.33. The molecule has 1 saturated heterocycles. The summed E-state index contributed by atoms with van der Waals surface area (Å²) in [5.41, 5.74) is 7.59. The van der Waals surface area contributed by atoms with Crippen molar-refractivity contribution in [3.05, 3.63) is 28.2 Å². The first-order valence-corrected chi connectivity index (χ1v) is 7.87. The van der Waals surface area contributed by atoms with E-state index in [0.717, 1.165) is 28.0 Å². The third kappa shape index (κ3) is 2.67. The van der Waals surface area contributed by atoms with Crippen molar-refractivity contribution in [3.63, 3.8) is 0 Å². The molecule has 0 saturated carbocycles. The zero-order valence-electron chi connectivity index (χ0n) is 10.6. The molecule has 18 heavy (non-hydrogen) atoms. The fraction of sp³-hybridized carbons (Fsp3) is 0.462. The molecule has 3 nitrogen and oxygen atoms in total. The molecule has 1 aliphatic heterocycles. The van der Waals surface area contributed by atoms with E-state index >= 15 is 0 Å². The number of nitrogen functional groups attached to an aromatic ring is 1. The molecule has 1 fully saturated rings. The summed E-state index contributed by atoms with van der Waals surface area (Å²) in [6.45, 7) is 5.51. The number of nitrogens with two attached hydrogens (primary N) is 1. The topological polar surface area (TPSA) is 53.1 Å². The number of anilines is 1. The molecule has 0 aliphatic carbocycles. The molecule has 98 valence electrons.